The van der Waals surface area contributed by atoms with E-state index in [1.54, 1.807) is 6.20 Å². The van der Waals surface area contributed by atoms with Crippen LogP contribution in [0.15, 0.2) is 41.4 Å². The van der Waals surface area contributed by atoms with Gasteiger partial charge >= 0.3 is 0 Å². The summed E-state index contributed by atoms with van der Waals surface area (Å²) < 4.78 is 7.43. The number of nitrogens with one attached hydrogen (secondary N) is 1. The first-order valence-electron chi connectivity index (χ1n) is 10.4. The van der Waals surface area contributed by atoms with Gasteiger partial charge in [-0.25, -0.2) is 19.9 Å². The van der Waals surface area contributed by atoms with Crippen LogP contribution in [-0.4, -0.2) is 42.7 Å². The summed E-state index contributed by atoms with van der Waals surface area (Å²) in [4.78, 5) is 30.7. The topological polar surface area (TPSA) is 124 Å². The van der Waals surface area contributed by atoms with Crippen molar-refractivity contribution in [2.24, 2.45) is 0 Å². The number of hydrogen-bond acceptors (Lipinski definition) is 8. The number of carbonyl (C=O) groups excluding carboxylic acids is 1. The highest BCUT2D eigenvalue weighted by atomic mass is 16.3. The van der Waals surface area contributed by atoms with E-state index in [9.17, 15) is 4.79 Å². The number of Topliss-reactive ketones (excluding diaryl/α,β-unsaturated/α-hetero) is 1. The lowest BCUT2D eigenvalue weighted by atomic mass is 10.0. The van der Waals surface area contributed by atoms with E-state index < -0.39 is 0 Å². The molecule has 158 valence electrons. The lowest BCUT2D eigenvalue weighted by Gasteiger charge is -2.12. The van der Waals surface area contributed by atoms with Crippen molar-refractivity contribution in [1.29, 1.82) is 0 Å². The zero-order valence-electron chi connectivity index (χ0n) is 17.2. The minimum atomic E-state index is -0.112. The van der Waals surface area contributed by atoms with E-state index in [1.165, 1.54) is 12.5 Å². The number of rotatable bonds is 6. The average molecular weight is 417 g/mol. The highest BCUT2D eigenvalue weighted by Gasteiger charge is 2.23. The monoisotopic (exact) mass is 417 g/mol. The summed E-state index contributed by atoms with van der Waals surface area (Å²) in [6.07, 6.45) is 10.1. The maximum Gasteiger partial charge on any atom is 0.247 e. The van der Waals surface area contributed by atoms with Crippen molar-refractivity contribution in [3.63, 3.8) is 0 Å². The molecule has 1 atom stereocenters. The molecule has 0 bridgehead atoms. The molecular weight excluding hydrogens is 394 g/mol. The summed E-state index contributed by atoms with van der Waals surface area (Å²) >= 11 is 0. The Labute approximate surface area is 178 Å². The number of anilines is 1. The molecule has 1 aliphatic heterocycles. The van der Waals surface area contributed by atoms with Crippen LogP contribution in [0.1, 0.15) is 41.9 Å². The quantitative estimate of drug-likeness (QED) is 0.459. The molecule has 31 heavy (non-hydrogen) atoms. The number of hydrogen-bond donors (Lipinski definition) is 2. The SMILES string of the molecule is Cc1cnc2ccc(-c3nc(C(=O)CC[C@@H]4CCCN4)c(N)nc3-c3ncco3)cn12. The van der Waals surface area contributed by atoms with E-state index in [2.05, 4.69) is 25.3 Å². The van der Waals surface area contributed by atoms with Crippen molar-refractivity contribution < 1.29 is 9.21 Å². The number of oxazole rings is 1. The van der Waals surface area contributed by atoms with Crippen LogP contribution in [0.5, 0.6) is 0 Å². The van der Waals surface area contributed by atoms with E-state index in [4.69, 9.17) is 10.2 Å². The van der Waals surface area contributed by atoms with Crippen LogP contribution in [-0.2, 0) is 0 Å². The second-order valence-electron chi connectivity index (χ2n) is 7.79. The molecule has 3 N–H and O–H groups in total. The first-order chi connectivity index (χ1) is 15.1. The van der Waals surface area contributed by atoms with Crippen molar-refractivity contribution in [2.45, 2.75) is 38.6 Å². The molecule has 0 aliphatic carbocycles. The number of ketones is 1. The summed E-state index contributed by atoms with van der Waals surface area (Å²) in [6.45, 7) is 2.98. The molecular formula is C22H23N7O2. The van der Waals surface area contributed by atoms with Crippen molar-refractivity contribution in [3.05, 3.63) is 48.4 Å². The third-order valence-electron chi connectivity index (χ3n) is 5.67. The van der Waals surface area contributed by atoms with Crippen LogP contribution < -0.4 is 11.1 Å². The van der Waals surface area contributed by atoms with Gasteiger partial charge in [0.15, 0.2) is 17.3 Å². The number of nitrogen functional groups attached to an aromatic ring is 1. The third kappa shape index (κ3) is 3.68. The van der Waals surface area contributed by atoms with Crippen LogP contribution in [0.25, 0.3) is 28.5 Å². The number of carbonyl (C=O) groups is 1. The normalized spacial score (nSPS) is 16.2. The fourth-order valence-corrected chi connectivity index (χ4v) is 4.01. The first-order valence-corrected chi connectivity index (χ1v) is 10.4. The van der Waals surface area contributed by atoms with Gasteiger partial charge in [0.2, 0.25) is 5.89 Å². The Morgan fingerprint density at radius 1 is 1.29 bits per heavy atom. The minimum absolute atomic E-state index is 0.0845. The maximum atomic E-state index is 13.0. The van der Waals surface area contributed by atoms with Gasteiger partial charge < -0.3 is 19.9 Å². The Hall–Kier alpha value is -3.59. The fourth-order valence-electron chi connectivity index (χ4n) is 4.01. The average Bonchev–Trinajstić information content (AvgIpc) is 3.55. The summed E-state index contributed by atoms with van der Waals surface area (Å²) in [7, 11) is 0. The van der Waals surface area contributed by atoms with Gasteiger partial charge in [-0.05, 0) is 44.9 Å². The van der Waals surface area contributed by atoms with E-state index in [0.717, 1.165) is 42.7 Å². The maximum absolute atomic E-state index is 13.0. The smallest absolute Gasteiger partial charge is 0.247 e. The van der Waals surface area contributed by atoms with Crippen LogP contribution in [0.4, 0.5) is 5.82 Å². The van der Waals surface area contributed by atoms with Crippen LogP contribution >= 0.6 is 0 Å². The molecule has 1 aliphatic rings. The van der Waals surface area contributed by atoms with E-state index >= 15 is 0 Å². The molecule has 0 aromatic carbocycles. The molecule has 9 heteroatoms. The predicted octanol–water partition coefficient (Wildman–Crippen LogP) is 3.05. The highest BCUT2D eigenvalue weighted by Crippen LogP contribution is 2.31. The van der Waals surface area contributed by atoms with Crippen LogP contribution in [0.3, 0.4) is 0 Å². The van der Waals surface area contributed by atoms with Gasteiger partial charge in [0.25, 0.3) is 0 Å². The van der Waals surface area contributed by atoms with Gasteiger partial charge in [-0.15, -0.1) is 0 Å². The largest absolute Gasteiger partial charge is 0.443 e. The van der Waals surface area contributed by atoms with Gasteiger partial charge in [-0.3, -0.25) is 4.79 Å². The molecule has 0 amide bonds. The standard InChI is InChI=1S/C22H23N7O2/c1-13-11-26-17-7-4-14(12-29(13)17)18-20(22-25-9-10-31-22)28-21(23)19(27-18)16(30)6-5-15-3-2-8-24-15/h4,7,9-12,15,24H,2-3,5-6,8H2,1H3,(H2,23,28)/t15-/m0/s1. The molecule has 0 unspecified atom stereocenters. The second-order valence-corrected chi connectivity index (χ2v) is 7.79. The molecule has 0 radical (unpaired) electrons. The number of nitrogens with two attached hydrogens (primary N) is 1. The Bertz CT molecular complexity index is 1240. The van der Waals surface area contributed by atoms with Gasteiger partial charge in [0.1, 0.15) is 23.3 Å². The molecule has 0 saturated carbocycles. The molecule has 1 saturated heterocycles. The van der Waals surface area contributed by atoms with E-state index in [1.807, 2.05) is 29.7 Å². The van der Waals surface area contributed by atoms with Crippen LogP contribution in [0, 0.1) is 6.92 Å². The van der Waals surface area contributed by atoms with E-state index in [0.29, 0.717) is 29.7 Å². The minimum Gasteiger partial charge on any atom is -0.443 e. The van der Waals surface area contributed by atoms with Gasteiger partial charge in [-0.2, -0.15) is 0 Å². The second kappa shape index (κ2) is 7.92. The summed E-state index contributed by atoms with van der Waals surface area (Å²) in [6, 6.07) is 4.16. The number of pyridine rings is 1. The fraction of sp³-hybridized carbons (Fsp3) is 0.318. The molecule has 4 aromatic rings. The number of aromatic nitrogens is 5. The van der Waals surface area contributed by atoms with Crippen LogP contribution in [0.2, 0.25) is 0 Å². The molecule has 4 aromatic heterocycles. The lowest BCUT2D eigenvalue weighted by molar-refractivity contribution is 0.0972. The number of fused-ring (bicyclic) bond motifs is 1. The van der Waals surface area contributed by atoms with Crippen molar-refractivity contribution in [3.8, 4) is 22.8 Å². The molecule has 5 heterocycles. The first kappa shape index (κ1) is 19.4. The van der Waals surface area contributed by atoms with E-state index in [-0.39, 0.29) is 17.3 Å². The third-order valence-corrected chi connectivity index (χ3v) is 5.67. The molecule has 1 fully saturated rings. The van der Waals surface area contributed by atoms with Crippen molar-refractivity contribution in [2.75, 3.05) is 12.3 Å². The molecule has 0 spiro atoms. The molecule has 5 rings (SSSR count). The van der Waals surface area contributed by atoms with Gasteiger partial charge in [0.05, 0.1) is 6.20 Å². The van der Waals surface area contributed by atoms with Crippen molar-refractivity contribution >= 4 is 17.2 Å². The Kier molecular flexibility index (Phi) is 4.95. The number of aryl methyl sites for hydroxylation is 1. The molecule has 9 nitrogen and oxygen atoms in total. The number of imidazole rings is 1. The predicted molar refractivity (Wildman–Crippen MR) is 115 cm³/mol. The Morgan fingerprint density at radius 2 is 2.19 bits per heavy atom. The zero-order valence-corrected chi connectivity index (χ0v) is 17.2. The van der Waals surface area contributed by atoms with Gasteiger partial charge in [0, 0.05) is 36.1 Å². The van der Waals surface area contributed by atoms with Crippen molar-refractivity contribution in [1.82, 2.24) is 29.7 Å². The Balaban J connectivity index is 1.57. The summed E-state index contributed by atoms with van der Waals surface area (Å²) in [5.74, 6) is 0.269. The van der Waals surface area contributed by atoms with Gasteiger partial charge in [-0.1, -0.05) is 0 Å². The summed E-state index contributed by atoms with van der Waals surface area (Å²) in [5, 5.41) is 3.41. The highest BCUT2D eigenvalue weighted by molar-refractivity contribution is 5.99. The Morgan fingerprint density at radius 3 is 2.97 bits per heavy atom. The number of nitrogens with zero attached hydrogens (tertiary/aromatic N) is 5. The summed E-state index contributed by atoms with van der Waals surface area (Å²) in [5.41, 5.74) is 9.81. The lowest BCUT2D eigenvalue weighted by Crippen LogP contribution is -2.22. The zero-order chi connectivity index (χ0) is 21.4.